The largest absolute Gasteiger partial charge is 0.497 e. The average molecular weight is 387 g/mol. The lowest BCUT2D eigenvalue weighted by Gasteiger charge is -2.03. The molecule has 28 heavy (non-hydrogen) atoms. The molecule has 0 aliphatic rings. The van der Waals surface area contributed by atoms with Crippen LogP contribution in [0.15, 0.2) is 60.1 Å². The highest BCUT2D eigenvalue weighted by atomic mass is 32.1. The second kappa shape index (κ2) is 7.55. The van der Waals surface area contributed by atoms with Crippen molar-refractivity contribution >= 4 is 16.5 Å². The Kier molecular flexibility index (Phi) is 4.79. The molecule has 0 atom stereocenters. The molecule has 0 saturated heterocycles. The SMILES string of the molecule is COc1ccc(Cn2cc(-c3cccc(C#N)c3)c(-c3csc(N)n3)n2)cc1. The summed E-state index contributed by atoms with van der Waals surface area (Å²) in [5.74, 6) is 0.817. The van der Waals surface area contributed by atoms with Gasteiger partial charge in [-0.25, -0.2) is 4.98 Å². The van der Waals surface area contributed by atoms with Crippen LogP contribution in [0.4, 0.5) is 5.13 Å². The molecule has 138 valence electrons. The van der Waals surface area contributed by atoms with Crippen LogP contribution in [-0.4, -0.2) is 21.9 Å². The topological polar surface area (TPSA) is 89.8 Å². The number of nitriles is 1. The average Bonchev–Trinajstić information content (AvgIpc) is 3.35. The number of rotatable bonds is 5. The quantitative estimate of drug-likeness (QED) is 0.555. The van der Waals surface area contributed by atoms with E-state index in [1.54, 1.807) is 13.2 Å². The van der Waals surface area contributed by atoms with Gasteiger partial charge in [0.05, 0.1) is 25.3 Å². The predicted octanol–water partition coefficient (Wildman–Crippen LogP) is 4.18. The lowest BCUT2D eigenvalue weighted by atomic mass is 10.0. The van der Waals surface area contributed by atoms with Crippen LogP contribution in [0.2, 0.25) is 0 Å². The maximum Gasteiger partial charge on any atom is 0.180 e. The maximum absolute atomic E-state index is 9.23. The van der Waals surface area contributed by atoms with Crippen LogP contribution in [0.3, 0.4) is 0 Å². The first-order valence-corrected chi connectivity index (χ1v) is 9.46. The highest BCUT2D eigenvalue weighted by Crippen LogP contribution is 2.33. The van der Waals surface area contributed by atoms with E-state index in [1.165, 1.54) is 11.3 Å². The summed E-state index contributed by atoms with van der Waals surface area (Å²) in [4.78, 5) is 4.39. The summed E-state index contributed by atoms with van der Waals surface area (Å²) < 4.78 is 7.09. The van der Waals surface area contributed by atoms with Crippen LogP contribution in [0, 0.1) is 11.3 Å². The van der Waals surface area contributed by atoms with Crippen LogP contribution in [0.5, 0.6) is 5.75 Å². The minimum absolute atomic E-state index is 0.497. The monoisotopic (exact) mass is 387 g/mol. The summed E-state index contributed by atoms with van der Waals surface area (Å²) in [6.45, 7) is 0.606. The number of ether oxygens (including phenoxy) is 1. The zero-order valence-corrected chi connectivity index (χ0v) is 16.0. The molecule has 0 radical (unpaired) electrons. The Labute approximate surface area is 166 Å². The fraction of sp³-hybridized carbons (Fsp3) is 0.0952. The Morgan fingerprint density at radius 3 is 2.71 bits per heavy atom. The van der Waals surface area contributed by atoms with Crippen molar-refractivity contribution in [1.82, 2.24) is 14.8 Å². The van der Waals surface area contributed by atoms with E-state index in [4.69, 9.17) is 15.6 Å². The summed E-state index contributed by atoms with van der Waals surface area (Å²) in [6.07, 6.45) is 1.98. The molecule has 0 aliphatic carbocycles. The van der Waals surface area contributed by atoms with Crippen LogP contribution in [0.25, 0.3) is 22.5 Å². The summed E-state index contributed by atoms with van der Waals surface area (Å²) >= 11 is 1.38. The van der Waals surface area contributed by atoms with E-state index in [0.717, 1.165) is 33.8 Å². The molecular weight excluding hydrogens is 370 g/mol. The number of aromatic nitrogens is 3. The first kappa shape index (κ1) is 17.8. The van der Waals surface area contributed by atoms with Crippen molar-refractivity contribution in [2.45, 2.75) is 6.54 Å². The molecule has 0 unspecified atom stereocenters. The molecule has 2 heterocycles. The second-order valence-electron chi connectivity index (χ2n) is 6.20. The Balaban J connectivity index is 1.76. The Morgan fingerprint density at radius 1 is 1.21 bits per heavy atom. The van der Waals surface area contributed by atoms with E-state index >= 15 is 0 Å². The van der Waals surface area contributed by atoms with Crippen molar-refractivity contribution in [3.63, 3.8) is 0 Å². The third-order valence-corrected chi connectivity index (χ3v) is 5.01. The molecule has 0 amide bonds. The molecule has 0 aliphatic heterocycles. The number of anilines is 1. The summed E-state index contributed by atoms with van der Waals surface area (Å²) in [7, 11) is 1.65. The van der Waals surface area contributed by atoms with Crippen molar-refractivity contribution < 1.29 is 4.74 Å². The second-order valence-corrected chi connectivity index (χ2v) is 7.09. The van der Waals surface area contributed by atoms with E-state index in [0.29, 0.717) is 17.2 Å². The normalized spacial score (nSPS) is 10.6. The maximum atomic E-state index is 9.23. The lowest BCUT2D eigenvalue weighted by molar-refractivity contribution is 0.414. The first-order valence-electron chi connectivity index (χ1n) is 8.58. The molecule has 7 heteroatoms. The highest BCUT2D eigenvalue weighted by molar-refractivity contribution is 7.13. The van der Waals surface area contributed by atoms with E-state index in [9.17, 15) is 5.26 Å². The van der Waals surface area contributed by atoms with Gasteiger partial charge in [0, 0.05) is 17.1 Å². The van der Waals surface area contributed by atoms with Crippen molar-refractivity contribution in [2.24, 2.45) is 0 Å². The Hall–Kier alpha value is -3.63. The van der Waals surface area contributed by atoms with Gasteiger partial charge in [-0.15, -0.1) is 11.3 Å². The van der Waals surface area contributed by atoms with Gasteiger partial charge in [-0.1, -0.05) is 24.3 Å². The van der Waals surface area contributed by atoms with Crippen molar-refractivity contribution in [2.75, 3.05) is 12.8 Å². The third-order valence-electron chi connectivity index (χ3n) is 4.33. The highest BCUT2D eigenvalue weighted by Gasteiger charge is 2.16. The van der Waals surface area contributed by atoms with Gasteiger partial charge in [0.1, 0.15) is 17.1 Å². The fourth-order valence-corrected chi connectivity index (χ4v) is 3.52. The molecule has 0 fully saturated rings. The van der Waals surface area contributed by atoms with Crippen LogP contribution >= 0.6 is 11.3 Å². The van der Waals surface area contributed by atoms with Gasteiger partial charge in [0.25, 0.3) is 0 Å². The molecule has 2 aromatic heterocycles. The van der Waals surface area contributed by atoms with Gasteiger partial charge in [0.2, 0.25) is 0 Å². The third kappa shape index (κ3) is 3.59. The van der Waals surface area contributed by atoms with E-state index in [-0.39, 0.29) is 0 Å². The molecule has 0 bridgehead atoms. The minimum atomic E-state index is 0.497. The molecule has 4 aromatic rings. The lowest BCUT2D eigenvalue weighted by Crippen LogP contribution is -2.00. The van der Waals surface area contributed by atoms with Gasteiger partial charge in [-0.05, 0) is 35.4 Å². The summed E-state index contributed by atoms with van der Waals surface area (Å²) in [5.41, 5.74) is 10.8. The summed E-state index contributed by atoms with van der Waals surface area (Å²) in [5, 5.41) is 16.4. The predicted molar refractivity (Wildman–Crippen MR) is 110 cm³/mol. The molecular formula is C21H17N5OS. The van der Waals surface area contributed by atoms with Gasteiger partial charge in [-0.2, -0.15) is 10.4 Å². The minimum Gasteiger partial charge on any atom is -0.497 e. The summed E-state index contributed by atoms with van der Waals surface area (Å²) in [6, 6.07) is 17.5. The fourth-order valence-electron chi connectivity index (χ4n) is 2.97. The molecule has 6 nitrogen and oxygen atoms in total. The van der Waals surface area contributed by atoms with Crippen molar-refractivity contribution in [3.05, 3.63) is 71.2 Å². The van der Waals surface area contributed by atoms with Gasteiger partial charge < -0.3 is 10.5 Å². The van der Waals surface area contributed by atoms with Crippen LogP contribution in [0.1, 0.15) is 11.1 Å². The standard InChI is InChI=1S/C21H17N5OS/c1-27-17-7-5-14(6-8-17)11-26-12-18(16-4-2-3-15(9-16)10-22)20(25-26)19-13-28-21(23)24-19/h2-9,12-13H,11H2,1H3,(H2,23,24). The van der Waals surface area contributed by atoms with Crippen molar-refractivity contribution in [3.8, 4) is 34.3 Å². The van der Waals surface area contributed by atoms with Crippen LogP contribution in [-0.2, 0) is 6.54 Å². The number of hydrogen-bond donors (Lipinski definition) is 1. The Bertz CT molecular complexity index is 1150. The molecule has 2 N–H and O–H groups in total. The molecule has 4 rings (SSSR count). The van der Waals surface area contributed by atoms with E-state index in [1.807, 2.05) is 58.7 Å². The van der Waals surface area contributed by atoms with E-state index in [2.05, 4.69) is 11.1 Å². The molecule has 0 spiro atoms. The number of benzene rings is 2. The van der Waals surface area contributed by atoms with Gasteiger partial charge in [0.15, 0.2) is 5.13 Å². The zero-order valence-electron chi connectivity index (χ0n) is 15.2. The number of hydrogen-bond acceptors (Lipinski definition) is 6. The smallest absolute Gasteiger partial charge is 0.180 e. The number of nitrogens with zero attached hydrogens (tertiary/aromatic N) is 4. The first-order chi connectivity index (χ1) is 13.7. The number of methoxy groups -OCH3 is 1. The molecule has 0 saturated carbocycles. The van der Waals surface area contributed by atoms with Crippen molar-refractivity contribution in [1.29, 1.82) is 5.26 Å². The van der Waals surface area contributed by atoms with Gasteiger partial charge >= 0.3 is 0 Å². The number of nitrogen functional groups attached to an aromatic ring is 1. The zero-order chi connectivity index (χ0) is 19.5. The Morgan fingerprint density at radius 2 is 2.04 bits per heavy atom. The van der Waals surface area contributed by atoms with E-state index < -0.39 is 0 Å². The van der Waals surface area contributed by atoms with Crippen LogP contribution < -0.4 is 10.5 Å². The number of nitrogens with two attached hydrogens (primary N) is 1. The van der Waals surface area contributed by atoms with Gasteiger partial charge in [-0.3, -0.25) is 4.68 Å². The molecule has 2 aromatic carbocycles. The number of thiazole rings is 1.